The molecule has 0 bridgehead atoms. The third kappa shape index (κ3) is 2.77. The van der Waals surface area contributed by atoms with Crippen LogP contribution in [0, 0.1) is 0 Å². The average Bonchev–Trinajstić information content (AvgIpc) is 2.89. The van der Waals surface area contributed by atoms with Crippen molar-refractivity contribution in [1.29, 1.82) is 0 Å². The van der Waals surface area contributed by atoms with Crippen LogP contribution in [0.15, 0.2) is 72.8 Å². The van der Waals surface area contributed by atoms with Crippen molar-refractivity contribution in [2.45, 2.75) is 0 Å². The summed E-state index contributed by atoms with van der Waals surface area (Å²) in [4.78, 5) is 26.1. The minimum atomic E-state index is -0.313. The molecule has 0 atom stereocenters. The molecule has 0 spiro atoms. The Morgan fingerprint density at radius 2 is 1.16 bits per heavy atom. The molecule has 4 rings (SSSR count). The van der Waals surface area contributed by atoms with Crippen LogP contribution >= 0.6 is 11.6 Å². The molecule has 3 aromatic rings. The van der Waals surface area contributed by atoms with Crippen LogP contribution in [-0.4, -0.2) is 11.8 Å². The number of imide groups is 1. The Hall–Kier alpha value is -3.11. The molecule has 25 heavy (non-hydrogen) atoms. The number of amides is 2. The number of anilines is 1. The predicted octanol–water partition coefficient (Wildman–Crippen LogP) is 4.93. The molecule has 0 unspecified atom stereocenters. The number of hydrogen-bond donors (Lipinski definition) is 0. The smallest absolute Gasteiger partial charge is 0.266 e. The lowest BCUT2D eigenvalue weighted by atomic mass is 10.1. The molecule has 0 saturated heterocycles. The van der Waals surface area contributed by atoms with Gasteiger partial charge in [0.15, 0.2) is 0 Å². The molecule has 0 saturated carbocycles. The predicted molar refractivity (Wildman–Crippen MR) is 95.6 cm³/mol. The van der Waals surface area contributed by atoms with Crippen LogP contribution in [-0.2, 0) is 0 Å². The minimum Gasteiger partial charge on any atom is -0.457 e. The monoisotopic (exact) mass is 349 g/mol. The van der Waals surface area contributed by atoms with Gasteiger partial charge in [0.25, 0.3) is 11.8 Å². The quantitative estimate of drug-likeness (QED) is 0.630. The number of benzene rings is 3. The molecule has 1 aliphatic heterocycles. The standard InChI is InChI=1S/C20H12ClNO3/c21-13-5-9-15(10-6-13)25-16-11-7-14(8-12-16)22-19(23)17-3-1-2-4-18(17)20(22)24/h1-12H. The van der Waals surface area contributed by atoms with Gasteiger partial charge in [-0.05, 0) is 60.7 Å². The Morgan fingerprint density at radius 3 is 1.68 bits per heavy atom. The second kappa shape index (κ2) is 6.07. The molecule has 0 N–H and O–H groups in total. The highest BCUT2D eigenvalue weighted by Gasteiger charge is 2.36. The van der Waals surface area contributed by atoms with Crippen LogP contribution < -0.4 is 9.64 Å². The fourth-order valence-corrected chi connectivity index (χ4v) is 2.85. The SMILES string of the molecule is O=C1c2ccccc2C(=O)N1c1ccc(Oc2ccc(Cl)cc2)cc1. The van der Waals surface area contributed by atoms with Crippen molar-refractivity contribution in [3.05, 3.63) is 88.9 Å². The minimum absolute atomic E-state index is 0.313. The van der Waals surface area contributed by atoms with Crippen LogP contribution in [0.2, 0.25) is 5.02 Å². The van der Waals surface area contributed by atoms with Crippen molar-refractivity contribution in [3.63, 3.8) is 0 Å². The van der Waals surface area contributed by atoms with Crippen LogP contribution in [0.1, 0.15) is 20.7 Å². The molecule has 0 fully saturated rings. The molecule has 0 aliphatic carbocycles. The van der Waals surface area contributed by atoms with E-state index >= 15 is 0 Å². The summed E-state index contributed by atoms with van der Waals surface area (Å²) in [5, 5.41) is 0.633. The number of hydrogen-bond acceptors (Lipinski definition) is 3. The zero-order valence-corrected chi connectivity index (χ0v) is 13.7. The summed E-state index contributed by atoms with van der Waals surface area (Å²) < 4.78 is 5.72. The number of carbonyl (C=O) groups is 2. The lowest BCUT2D eigenvalue weighted by molar-refractivity contribution is 0.0926. The number of halogens is 1. The average molecular weight is 350 g/mol. The Morgan fingerprint density at radius 1 is 0.680 bits per heavy atom. The first-order valence-corrected chi connectivity index (χ1v) is 8.02. The molecule has 4 nitrogen and oxygen atoms in total. The molecular weight excluding hydrogens is 338 g/mol. The Balaban J connectivity index is 1.58. The summed E-state index contributed by atoms with van der Waals surface area (Å²) in [6, 6.07) is 20.6. The number of rotatable bonds is 3. The van der Waals surface area contributed by atoms with Gasteiger partial charge in [0.2, 0.25) is 0 Å². The van der Waals surface area contributed by atoms with E-state index in [9.17, 15) is 9.59 Å². The van der Waals surface area contributed by atoms with E-state index in [-0.39, 0.29) is 11.8 Å². The van der Waals surface area contributed by atoms with Gasteiger partial charge in [-0.15, -0.1) is 0 Å². The van der Waals surface area contributed by atoms with Crippen LogP contribution in [0.25, 0.3) is 0 Å². The van der Waals surface area contributed by atoms with E-state index in [1.165, 1.54) is 4.90 Å². The fourth-order valence-electron chi connectivity index (χ4n) is 2.73. The van der Waals surface area contributed by atoms with Crippen molar-refractivity contribution >= 4 is 29.1 Å². The molecule has 3 aromatic carbocycles. The van der Waals surface area contributed by atoms with Crippen molar-refractivity contribution in [3.8, 4) is 11.5 Å². The van der Waals surface area contributed by atoms with Crippen LogP contribution in [0.4, 0.5) is 5.69 Å². The summed E-state index contributed by atoms with van der Waals surface area (Å²) in [6.07, 6.45) is 0. The number of fused-ring (bicyclic) bond motifs is 1. The molecule has 2 amide bonds. The number of nitrogens with zero attached hydrogens (tertiary/aromatic N) is 1. The zero-order chi connectivity index (χ0) is 17.4. The third-order valence-electron chi connectivity index (χ3n) is 3.94. The van der Waals surface area contributed by atoms with E-state index in [4.69, 9.17) is 16.3 Å². The lowest BCUT2D eigenvalue weighted by Gasteiger charge is -2.14. The Labute approximate surface area is 149 Å². The van der Waals surface area contributed by atoms with Gasteiger partial charge in [-0.25, -0.2) is 4.90 Å². The van der Waals surface area contributed by atoms with E-state index < -0.39 is 0 Å². The summed E-state index contributed by atoms with van der Waals surface area (Å²) in [5.74, 6) is 0.625. The van der Waals surface area contributed by atoms with E-state index in [1.807, 2.05) is 0 Å². The first kappa shape index (κ1) is 15.4. The fraction of sp³-hybridized carbons (Fsp3) is 0. The van der Waals surface area contributed by atoms with E-state index in [1.54, 1.807) is 72.8 Å². The molecule has 0 aromatic heterocycles. The van der Waals surface area contributed by atoms with Crippen molar-refractivity contribution in [1.82, 2.24) is 0 Å². The highest BCUT2D eigenvalue weighted by atomic mass is 35.5. The first-order valence-electron chi connectivity index (χ1n) is 7.65. The molecule has 1 aliphatic rings. The van der Waals surface area contributed by atoms with Crippen LogP contribution in [0.5, 0.6) is 11.5 Å². The maximum atomic E-state index is 12.5. The van der Waals surface area contributed by atoms with Gasteiger partial charge in [0, 0.05) is 5.02 Å². The van der Waals surface area contributed by atoms with Crippen molar-refractivity contribution in [2.75, 3.05) is 4.90 Å². The normalized spacial score (nSPS) is 13.1. The maximum Gasteiger partial charge on any atom is 0.266 e. The highest BCUT2D eigenvalue weighted by molar-refractivity contribution is 6.34. The van der Waals surface area contributed by atoms with Gasteiger partial charge >= 0.3 is 0 Å². The molecule has 0 radical (unpaired) electrons. The second-order valence-corrected chi connectivity index (χ2v) is 5.98. The molecule has 122 valence electrons. The lowest BCUT2D eigenvalue weighted by Crippen LogP contribution is -2.29. The second-order valence-electron chi connectivity index (χ2n) is 5.54. The zero-order valence-electron chi connectivity index (χ0n) is 13.0. The van der Waals surface area contributed by atoms with Crippen LogP contribution in [0.3, 0.4) is 0 Å². The van der Waals surface area contributed by atoms with Gasteiger partial charge in [-0.1, -0.05) is 23.7 Å². The van der Waals surface area contributed by atoms with E-state index in [0.29, 0.717) is 33.3 Å². The highest BCUT2D eigenvalue weighted by Crippen LogP contribution is 2.30. The molecule has 1 heterocycles. The summed E-state index contributed by atoms with van der Waals surface area (Å²) >= 11 is 5.85. The molecule has 5 heteroatoms. The van der Waals surface area contributed by atoms with Crippen molar-refractivity contribution in [2.24, 2.45) is 0 Å². The van der Waals surface area contributed by atoms with Gasteiger partial charge < -0.3 is 4.74 Å². The van der Waals surface area contributed by atoms with Crippen molar-refractivity contribution < 1.29 is 14.3 Å². The summed E-state index contributed by atoms with van der Waals surface area (Å²) in [5.41, 5.74) is 1.36. The number of ether oxygens (including phenoxy) is 1. The van der Waals surface area contributed by atoms with Gasteiger partial charge in [-0.3, -0.25) is 9.59 Å². The van der Waals surface area contributed by atoms with E-state index in [2.05, 4.69) is 0 Å². The van der Waals surface area contributed by atoms with Gasteiger partial charge in [-0.2, -0.15) is 0 Å². The summed E-state index contributed by atoms with van der Waals surface area (Å²) in [7, 11) is 0. The van der Waals surface area contributed by atoms with Gasteiger partial charge in [0.1, 0.15) is 11.5 Å². The Bertz CT molecular complexity index is 930. The maximum absolute atomic E-state index is 12.5. The summed E-state index contributed by atoms with van der Waals surface area (Å²) in [6.45, 7) is 0. The van der Waals surface area contributed by atoms with E-state index in [0.717, 1.165) is 0 Å². The largest absolute Gasteiger partial charge is 0.457 e. The third-order valence-corrected chi connectivity index (χ3v) is 4.19. The topological polar surface area (TPSA) is 46.6 Å². The van der Waals surface area contributed by atoms with Gasteiger partial charge in [0.05, 0.1) is 16.8 Å². The first-order chi connectivity index (χ1) is 12.1. The number of carbonyl (C=O) groups excluding carboxylic acids is 2. The molecular formula is C20H12ClNO3. The Kier molecular flexibility index (Phi) is 3.75.